The number of rotatable bonds is 3. The van der Waals surface area contributed by atoms with Crippen LogP contribution in [0.15, 0.2) is 10.5 Å². The molecule has 1 N–H and O–H groups in total. The zero-order valence-corrected chi connectivity index (χ0v) is 11.0. The van der Waals surface area contributed by atoms with Crippen molar-refractivity contribution >= 4 is 38.6 Å². The number of hydrogen-bond donors (Lipinski definition) is 1. The number of halogens is 2. The number of benzene rings is 1. The molecule has 1 unspecified atom stereocenters. The molecule has 0 heterocycles. The van der Waals surface area contributed by atoms with Gasteiger partial charge in [-0.25, -0.2) is 0 Å². The van der Waals surface area contributed by atoms with E-state index in [4.69, 9.17) is 9.97 Å². The zero-order chi connectivity index (χ0) is 12.3. The van der Waals surface area contributed by atoms with Crippen molar-refractivity contribution in [3.8, 4) is 5.75 Å². The van der Waals surface area contributed by atoms with Crippen LogP contribution in [0, 0.1) is 18.1 Å². The third kappa shape index (κ3) is 2.47. The molecule has 16 heavy (non-hydrogen) atoms. The van der Waals surface area contributed by atoms with E-state index in [1.54, 1.807) is 9.47 Å². The third-order valence-corrected chi connectivity index (χ3v) is 2.72. The summed E-state index contributed by atoms with van der Waals surface area (Å²) >= 11 is 3.05. The van der Waals surface area contributed by atoms with Gasteiger partial charge >= 0.3 is 102 Å². The van der Waals surface area contributed by atoms with Crippen molar-refractivity contribution in [2.24, 2.45) is 0 Å². The van der Waals surface area contributed by atoms with Crippen molar-refractivity contribution in [1.29, 1.82) is 5.31 Å². The number of nitrogens with one attached hydrogen (secondary N) is 1. The molecule has 1 rings (SSSR count). The summed E-state index contributed by atoms with van der Waals surface area (Å²) in [6.07, 6.45) is 0. The Morgan fingerprint density at radius 3 is 2.81 bits per heavy atom. The molecule has 8 heteroatoms. The fourth-order valence-electron chi connectivity index (χ4n) is 1.17. The summed E-state index contributed by atoms with van der Waals surface area (Å²) < 4.78 is 22.9. The first kappa shape index (κ1) is 13.3. The fourth-order valence-corrected chi connectivity index (χ4v) is 1.78. The molecule has 84 valence electrons. The summed E-state index contributed by atoms with van der Waals surface area (Å²) in [6, 6.07) is 1.16. The minimum atomic E-state index is -0.750. The molecule has 0 radical (unpaired) electrons. The molecule has 0 aliphatic heterocycles. The van der Waals surface area contributed by atoms with Crippen molar-refractivity contribution in [3.63, 3.8) is 0 Å². The van der Waals surface area contributed by atoms with Gasteiger partial charge in [-0.05, 0) is 0 Å². The summed E-state index contributed by atoms with van der Waals surface area (Å²) in [6.45, 7) is 1.43. The van der Waals surface area contributed by atoms with Gasteiger partial charge in [0.15, 0.2) is 0 Å². The van der Waals surface area contributed by atoms with E-state index in [1.807, 2.05) is 0 Å². The van der Waals surface area contributed by atoms with Crippen LogP contribution in [0.4, 0.5) is 4.39 Å². The predicted molar refractivity (Wildman–Crippen MR) is 63.1 cm³/mol. The molecular formula is C8H7BBrFNO3P. The van der Waals surface area contributed by atoms with E-state index in [0.29, 0.717) is 7.27 Å². The second-order valence-electron chi connectivity index (χ2n) is 2.81. The summed E-state index contributed by atoms with van der Waals surface area (Å²) in [5.41, 5.74) is 0.0536. The topological polar surface area (TPSA) is 59.4 Å². The average Bonchev–Trinajstić information content (AvgIpc) is 2.25. The minimum absolute atomic E-state index is 0.0506. The van der Waals surface area contributed by atoms with E-state index in [-0.39, 0.29) is 21.3 Å². The van der Waals surface area contributed by atoms with Gasteiger partial charge < -0.3 is 0 Å². The average molecular weight is 306 g/mol. The third-order valence-electron chi connectivity index (χ3n) is 1.92. The van der Waals surface area contributed by atoms with E-state index < -0.39 is 11.8 Å². The summed E-state index contributed by atoms with van der Waals surface area (Å²) in [5, 5.41) is 6.84. The van der Waals surface area contributed by atoms with Gasteiger partial charge in [0, 0.05) is 0 Å². The van der Waals surface area contributed by atoms with Crippen molar-refractivity contribution in [2.75, 3.05) is 0 Å². The van der Waals surface area contributed by atoms with E-state index in [1.165, 1.54) is 6.92 Å². The molecule has 0 saturated carbocycles. The first-order valence-electron chi connectivity index (χ1n) is 4.08. The Kier molecular flexibility index (Phi) is 4.56. The van der Waals surface area contributed by atoms with Crippen LogP contribution in [0.5, 0.6) is 5.75 Å². The monoisotopic (exact) mass is 305 g/mol. The van der Waals surface area contributed by atoms with Crippen LogP contribution in [-0.2, 0) is 4.52 Å². The van der Waals surface area contributed by atoms with Gasteiger partial charge in [0.05, 0.1) is 0 Å². The Balaban J connectivity index is 3.50. The van der Waals surface area contributed by atoms with Crippen molar-refractivity contribution in [2.45, 2.75) is 6.92 Å². The van der Waals surface area contributed by atoms with Crippen molar-refractivity contribution in [3.05, 3.63) is 27.5 Å². The molecule has 1 atom stereocenters. The normalized spacial score (nSPS) is 9.50. The molecule has 0 saturated heterocycles. The van der Waals surface area contributed by atoms with Gasteiger partial charge in [-0.15, -0.1) is 0 Å². The van der Waals surface area contributed by atoms with Crippen LogP contribution < -0.4 is 4.65 Å². The summed E-state index contributed by atoms with van der Waals surface area (Å²) in [4.78, 5) is 11.4. The number of carbonyl (C=O) groups is 1. The number of carbonyl (C=O) groups excluding carboxylic acids is 1. The molecule has 1 aromatic rings. The van der Waals surface area contributed by atoms with Gasteiger partial charge in [-0.1, -0.05) is 0 Å². The van der Waals surface area contributed by atoms with Gasteiger partial charge in [0.25, 0.3) is 0 Å². The first-order valence-corrected chi connectivity index (χ1v) is 5.34. The van der Waals surface area contributed by atoms with Crippen molar-refractivity contribution in [1.82, 2.24) is 0 Å². The van der Waals surface area contributed by atoms with E-state index in [2.05, 4.69) is 20.5 Å². The van der Waals surface area contributed by atoms with Crippen LogP contribution in [-0.4, -0.2) is 13.2 Å². The molecule has 4 nitrogen and oxygen atoms in total. The Labute approximate surface area is 103 Å². The van der Waals surface area contributed by atoms with Crippen LogP contribution in [0.1, 0.15) is 15.9 Å². The van der Waals surface area contributed by atoms with E-state index >= 15 is 0 Å². The van der Waals surface area contributed by atoms with Crippen LogP contribution >= 0.6 is 25.4 Å². The van der Waals surface area contributed by atoms with Crippen LogP contribution in [0.3, 0.4) is 0 Å². The Morgan fingerprint density at radius 2 is 2.31 bits per heavy atom. The second-order valence-corrected chi connectivity index (χ2v) is 3.90. The zero-order valence-electron chi connectivity index (χ0n) is 8.21. The quantitative estimate of drug-likeness (QED) is 0.690. The number of hydrogen-bond acceptors (Lipinski definition) is 4. The maximum atomic E-state index is 13.4. The molecule has 1 aromatic carbocycles. The molecule has 0 aromatic heterocycles. The predicted octanol–water partition coefficient (Wildman–Crippen LogP) is 2.60. The Hall–Kier alpha value is -0.805. The van der Waals surface area contributed by atoms with E-state index in [9.17, 15) is 9.18 Å². The Bertz CT molecular complexity index is 457. The molecule has 0 amide bonds. The van der Waals surface area contributed by atoms with Crippen LogP contribution in [0.2, 0.25) is 0 Å². The van der Waals surface area contributed by atoms with Gasteiger partial charge in [-0.3, -0.25) is 0 Å². The molecule has 0 aliphatic rings. The van der Waals surface area contributed by atoms with Crippen LogP contribution in [0.25, 0.3) is 0 Å². The standard InChI is InChI=1S/C8H7BBrFNO3P/c1-3-5(11)2-4(10)7(14-9-12)6(3)8(13)15-16/h2,12H,16H2,1H3. The molecule has 0 aliphatic carbocycles. The molecule has 0 fully saturated rings. The van der Waals surface area contributed by atoms with Gasteiger partial charge in [0.1, 0.15) is 0 Å². The molecule has 0 bridgehead atoms. The summed E-state index contributed by atoms with van der Waals surface area (Å²) in [5.74, 6) is -1.25. The molecule has 0 spiro atoms. The SMILES string of the molecule is Cc1c(F)cc(Br)c(OB=N)c1C(=O)OP. The second kappa shape index (κ2) is 5.50. The van der Waals surface area contributed by atoms with Crippen molar-refractivity contribution < 1.29 is 18.4 Å². The summed E-state index contributed by atoms with van der Waals surface area (Å²) in [7, 11) is 2.43. The first-order chi connectivity index (χ1) is 7.52. The Morgan fingerprint density at radius 1 is 1.69 bits per heavy atom. The fraction of sp³-hybridized carbons (Fsp3) is 0.125. The van der Waals surface area contributed by atoms with Gasteiger partial charge in [0.2, 0.25) is 0 Å². The molecular weight excluding hydrogens is 299 g/mol. The maximum absolute atomic E-state index is 13.4. The van der Waals surface area contributed by atoms with E-state index in [0.717, 1.165) is 6.07 Å². The van der Waals surface area contributed by atoms with Gasteiger partial charge in [-0.2, -0.15) is 0 Å².